The normalized spacial score (nSPS) is 33.5. The van der Waals surface area contributed by atoms with Gasteiger partial charge in [-0.2, -0.15) is 0 Å². The van der Waals surface area contributed by atoms with Crippen molar-refractivity contribution in [2.45, 2.75) is 31.8 Å². The van der Waals surface area contributed by atoms with Crippen LogP contribution in [0.4, 0.5) is 4.39 Å². The Morgan fingerprint density at radius 1 is 1.25 bits per heavy atom. The molecule has 1 aromatic rings. The molecule has 2 aliphatic rings. The molecule has 0 spiro atoms. The maximum Gasteiger partial charge on any atom is 0.126 e. The molecule has 0 saturated heterocycles. The number of aliphatic hydroxyl groups is 1. The van der Waals surface area contributed by atoms with Crippen LogP contribution in [0.3, 0.4) is 0 Å². The maximum atomic E-state index is 13.4. The van der Waals surface area contributed by atoms with Crippen LogP contribution in [0.15, 0.2) is 24.3 Å². The summed E-state index contributed by atoms with van der Waals surface area (Å²) in [5.74, 6) is 1.74. The van der Waals surface area contributed by atoms with E-state index in [2.05, 4.69) is 0 Å². The molecule has 3 unspecified atom stereocenters. The molecule has 2 fully saturated rings. The molecule has 1 N–H and O–H groups in total. The van der Waals surface area contributed by atoms with E-state index in [9.17, 15) is 9.50 Å². The Hall–Kier alpha value is -0.890. The quantitative estimate of drug-likeness (QED) is 0.830. The predicted octanol–water partition coefficient (Wildman–Crippen LogP) is 2.78. The zero-order valence-electron chi connectivity index (χ0n) is 9.27. The summed E-state index contributed by atoms with van der Waals surface area (Å²) in [6.45, 7) is 0. The van der Waals surface area contributed by atoms with Crippen LogP contribution in [0, 0.1) is 23.6 Å². The Kier molecular flexibility index (Phi) is 2.47. The highest BCUT2D eigenvalue weighted by atomic mass is 19.1. The van der Waals surface area contributed by atoms with E-state index >= 15 is 0 Å². The third-order valence-electron chi connectivity index (χ3n) is 4.30. The van der Waals surface area contributed by atoms with E-state index < -0.39 is 0 Å². The van der Waals surface area contributed by atoms with Crippen molar-refractivity contribution in [1.29, 1.82) is 0 Å². The fraction of sp³-hybridized carbons (Fsp3) is 0.571. The average Bonchev–Trinajstić information content (AvgIpc) is 2.76. The van der Waals surface area contributed by atoms with Crippen molar-refractivity contribution in [2.75, 3.05) is 0 Å². The lowest BCUT2D eigenvalue weighted by molar-refractivity contribution is 0.134. The third-order valence-corrected chi connectivity index (χ3v) is 4.30. The standard InChI is InChI=1S/C14H17FO/c15-12-7-2-1-4-9(12)8-13(16)14-10-5-3-6-11(10)14/h1-2,4,7,10-11,13-14,16H,3,5-6,8H2. The minimum Gasteiger partial charge on any atom is -0.392 e. The Labute approximate surface area is 95.3 Å². The minimum absolute atomic E-state index is 0.188. The summed E-state index contributed by atoms with van der Waals surface area (Å²) in [5.41, 5.74) is 0.653. The lowest BCUT2D eigenvalue weighted by Gasteiger charge is -2.13. The van der Waals surface area contributed by atoms with E-state index in [1.807, 2.05) is 6.07 Å². The minimum atomic E-state index is -0.341. The molecule has 0 bridgehead atoms. The van der Waals surface area contributed by atoms with Crippen LogP contribution < -0.4 is 0 Å². The highest BCUT2D eigenvalue weighted by Crippen LogP contribution is 2.59. The maximum absolute atomic E-state index is 13.4. The highest BCUT2D eigenvalue weighted by Gasteiger charge is 2.55. The molecular weight excluding hydrogens is 203 g/mol. The molecule has 86 valence electrons. The summed E-state index contributed by atoms with van der Waals surface area (Å²) in [5, 5.41) is 10.1. The second kappa shape index (κ2) is 3.85. The smallest absolute Gasteiger partial charge is 0.126 e. The molecule has 3 atom stereocenters. The van der Waals surface area contributed by atoms with Gasteiger partial charge < -0.3 is 5.11 Å². The summed E-state index contributed by atoms with van der Waals surface area (Å²) >= 11 is 0. The van der Waals surface area contributed by atoms with Crippen molar-refractivity contribution in [3.63, 3.8) is 0 Å². The van der Waals surface area contributed by atoms with Gasteiger partial charge >= 0.3 is 0 Å². The van der Waals surface area contributed by atoms with Crippen LogP contribution in [0.5, 0.6) is 0 Å². The number of fused-ring (bicyclic) bond motifs is 1. The second-order valence-corrected chi connectivity index (χ2v) is 5.20. The van der Waals surface area contributed by atoms with Gasteiger partial charge in [0, 0.05) is 6.42 Å². The van der Waals surface area contributed by atoms with Crippen molar-refractivity contribution in [3.05, 3.63) is 35.6 Å². The molecule has 0 amide bonds. The van der Waals surface area contributed by atoms with Gasteiger partial charge in [-0.25, -0.2) is 4.39 Å². The first-order chi connectivity index (χ1) is 7.77. The number of halogens is 1. The van der Waals surface area contributed by atoms with Gasteiger partial charge in [0.25, 0.3) is 0 Å². The van der Waals surface area contributed by atoms with Crippen LogP contribution in [-0.2, 0) is 6.42 Å². The predicted molar refractivity (Wildman–Crippen MR) is 60.4 cm³/mol. The fourth-order valence-corrected chi connectivity index (χ4v) is 3.47. The first-order valence-electron chi connectivity index (χ1n) is 6.19. The number of aliphatic hydroxyl groups excluding tert-OH is 1. The number of rotatable bonds is 3. The summed E-state index contributed by atoms with van der Waals surface area (Å²) in [6.07, 6.45) is 3.99. The largest absolute Gasteiger partial charge is 0.392 e. The van der Waals surface area contributed by atoms with Gasteiger partial charge in [0.1, 0.15) is 5.82 Å². The molecule has 1 aromatic carbocycles. The van der Waals surface area contributed by atoms with E-state index in [0.717, 1.165) is 11.8 Å². The van der Waals surface area contributed by atoms with Crippen LogP contribution in [-0.4, -0.2) is 11.2 Å². The molecule has 3 rings (SSSR count). The van der Waals surface area contributed by atoms with Gasteiger partial charge in [-0.15, -0.1) is 0 Å². The van der Waals surface area contributed by atoms with E-state index in [-0.39, 0.29) is 11.9 Å². The van der Waals surface area contributed by atoms with Gasteiger partial charge in [0.05, 0.1) is 6.10 Å². The van der Waals surface area contributed by atoms with Gasteiger partial charge in [-0.05, 0) is 42.2 Å². The highest BCUT2D eigenvalue weighted by molar-refractivity contribution is 5.19. The van der Waals surface area contributed by atoms with Crippen molar-refractivity contribution in [2.24, 2.45) is 17.8 Å². The summed E-state index contributed by atoms with van der Waals surface area (Å²) in [7, 11) is 0. The molecule has 1 nitrogen and oxygen atoms in total. The molecule has 2 heteroatoms. The lowest BCUT2D eigenvalue weighted by Crippen LogP contribution is -2.17. The van der Waals surface area contributed by atoms with Crippen LogP contribution in [0.25, 0.3) is 0 Å². The van der Waals surface area contributed by atoms with Crippen molar-refractivity contribution in [3.8, 4) is 0 Å². The molecule has 0 aromatic heterocycles. The lowest BCUT2D eigenvalue weighted by atomic mass is 9.99. The number of hydrogen-bond acceptors (Lipinski definition) is 1. The van der Waals surface area contributed by atoms with Gasteiger partial charge in [-0.3, -0.25) is 0 Å². The summed E-state index contributed by atoms with van der Waals surface area (Å²) in [6, 6.07) is 6.77. The van der Waals surface area contributed by atoms with E-state index in [4.69, 9.17) is 0 Å². The first kappa shape index (κ1) is 10.3. The SMILES string of the molecule is OC(Cc1ccccc1F)C1C2CCCC21. The molecule has 0 radical (unpaired) electrons. The van der Waals surface area contributed by atoms with Gasteiger partial charge in [-0.1, -0.05) is 24.6 Å². The molecule has 2 aliphatic carbocycles. The van der Waals surface area contributed by atoms with Gasteiger partial charge in [0.2, 0.25) is 0 Å². The zero-order chi connectivity index (χ0) is 11.1. The topological polar surface area (TPSA) is 20.2 Å². The van der Waals surface area contributed by atoms with E-state index in [1.54, 1.807) is 12.1 Å². The Bertz CT molecular complexity index is 380. The van der Waals surface area contributed by atoms with Gasteiger partial charge in [0.15, 0.2) is 0 Å². The van der Waals surface area contributed by atoms with Crippen LogP contribution in [0.1, 0.15) is 24.8 Å². The summed E-state index contributed by atoms with van der Waals surface area (Å²) in [4.78, 5) is 0. The number of hydrogen-bond donors (Lipinski definition) is 1. The Morgan fingerprint density at radius 3 is 2.62 bits per heavy atom. The average molecular weight is 220 g/mol. The van der Waals surface area contributed by atoms with Crippen molar-refractivity contribution in [1.82, 2.24) is 0 Å². The fourth-order valence-electron chi connectivity index (χ4n) is 3.47. The van der Waals surface area contributed by atoms with E-state index in [0.29, 0.717) is 17.9 Å². The third kappa shape index (κ3) is 1.65. The molecular formula is C14H17FO. The monoisotopic (exact) mass is 220 g/mol. The zero-order valence-corrected chi connectivity index (χ0v) is 9.27. The molecule has 0 aliphatic heterocycles. The molecule has 2 saturated carbocycles. The second-order valence-electron chi connectivity index (χ2n) is 5.20. The van der Waals surface area contributed by atoms with Crippen LogP contribution >= 0.6 is 0 Å². The van der Waals surface area contributed by atoms with Crippen LogP contribution in [0.2, 0.25) is 0 Å². The van der Waals surface area contributed by atoms with Crippen molar-refractivity contribution < 1.29 is 9.50 Å². The van der Waals surface area contributed by atoms with E-state index in [1.165, 1.54) is 25.3 Å². The first-order valence-corrected chi connectivity index (χ1v) is 6.19. The Morgan fingerprint density at radius 2 is 1.94 bits per heavy atom. The number of benzene rings is 1. The molecule has 0 heterocycles. The molecule has 16 heavy (non-hydrogen) atoms. The summed E-state index contributed by atoms with van der Waals surface area (Å²) < 4.78 is 13.4. The van der Waals surface area contributed by atoms with Crippen molar-refractivity contribution >= 4 is 0 Å². The Balaban J connectivity index is 1.65.